The highest BCUT2D eigenvalue weighted by Crippen LogP contribution is 2.41. The van der Waals surface area contributed by atoms with Crippen molar-refractivity contribution in [3.05, 3.63) is 33.4 Å². The molecule has 11 N–H and O–H groups in total. The fourth-order valence-electron chi connectivity index (χ4n) is 5.44. The van der Waals surface area contributed by atoms with Gasteiger partial charge in [-0.3, -0.25) is 28.7 Å². The SMILES string of the molecule is N=[N+]=NC[C@]1(CO)O[C@@H](n2cnc3c(=O)[nH]c(N)nc32)[C@H](F)[C@@H]1O.[3H]CCNc1nc2c(ncn2[C@@H]2O[C@@](CO)(CN=[N+]=N)[C@@H](O)[C@H]2F)c(=O)[nH]1. The lowest BCUT2D eigenvalue weighted by molar-refractivity contribution is -0.121. The van der Waals surface area contributed by atoms with Crippen LogP contribution in [0.2, 0.25) is 0 Å². The topological polar surface area (TPSA) is 365 Å². The van der Waals surface area contributed by atoms with E-state index in [0.29, 0.717) is 0 Å². The number of alkyl halides is 2. The number of aliphatic hydroxyl groups is 4. The molecule has 24 nitrogen and oxygen atoms in total. The number of aromatic nitrogens is 8. The predicted molar refractivity (Wildman–Crippen MR) is 161 cm³/mol. The number of nitrogen functional groups attached to an aromatic ring is 1. The number of anilines is 2. The van der Waals surface area contributed by atoms with Crippen LogP contribution in [0.5, 0.6) is 0 Å². The summed E-state index contributed by atoms with van der Waals surface area (Å²) in [6.45, 7) is -2.09. The minimum Gasteiger partial charge on any atom is -0.393 e. The van der Waals surface area contributed by atoms with Crippen LogP contribution >= 0.6 is 0 Å². The van der Waals surface area contributed by atoms with E-state index in [0.717, 1.165) is 21.8 Å². The minimum atomic E-state index is -1.98. The highest BCUT2D eigenvalue weighted by Gasteiger charge is 2.58. The van der Waals surface area contributed by atoms with Gasteiger partial charge in [-0.2, -0.15) is 9.97 Å². The number of ether oxygens (including phenoxy) is 2. The molecule has 0 aromatic carbocycles. The number of nitrogens with zero attached hydrogens (tertiary/aromatic N) is 10. The number of halogens is 2. The summed E-state index contributed by atoms with van der Waals surface area (Å²) < 4.78 is 49.8. The first-order valence-corrected chi connectivity index (χ1v) is 14.4. The third-order valence-electron chi connectivity index (χ3n) is 8.01. The molecule has 6 heterocycles. The van der Waals surface area contributed by atoms with Gasteiger partial charge in [0.05, 0.1) is 25.9 Å². The lowest BCUT2D eigenvalue weighted by Gasteiger charge is -2.25. The van der Waals surface area contributed by atoms with Gasteiger partial charge < -0.3 is 41.0 Å². The van der Waals surface area contributed by atoms with Crippen LogP contribution in [0.1, 0.15) is 20.7 Å². The molecule has 0 spiro atoms. The molecule has 268 valence electrons. The molecule has 26 heteroatoms. The van der Waals surface area contributed by atoms with Gasteiger partial charge in [0.2, 0.25) is 21.7 Å². The van der Waals surface area contributed by atoms with Gasteiger partial charge in [-0.05, 0) is 6.90 Å². The molecular formula is C24H32F2N16O8+2. The fourth-order valence-corrected chi connectivity index (χ4v) is 5.44. The highest BCUT2D eigenvalue weighted by molar-refractivity contribution is 5.71. The Hall–Kier alpha value is -5.46. The van der Waals surface area contributed by atoms with Crippen molar-refractivity contribution in [2.75, 3.05) is 43.9 Å². The van der Waals surface area contributed by atoms with E-state index in [1.54, 1.807) is 0 Å². The second-order valence-corrected chi connectivity index (χ2v) is 11.0. The van der Waals surface area contributed by atoms with Crippen LogP contribution in [0.15, 0.2) is 32.5 Å². The average Bonchev–Trinajstić information content (AvgIpc) is 3.86. The Kier molecular flexibility index (Phi) is 9.76. The van der Waals surface area contributed by atoms with Gasteiger partial charge in [-0.1, -0.05) is 0 Å². The Morgan fingerprint density at radius 1 is 0.960 bits per heavy atom. The largest absolute Gasteiger partial charge is 0.393 e. The van der Waals surface area contributed by atoms with Crippen molar-refractivity contribution in [1.82, 2.24) is 48.9 Å². The fraction of sp³-hybridized carbons (Fsp3) is 0.583. The van der Waals surface area contributed by atoms with E-state index in [1.165, 1.54) is 0 Å². The molecular weight excluding hydrogens is 678 g/mol. The normalized spacial score (nSPS) is 29.2. The summed E-state index contributed by atoms with van der Waals surface area (Å²) in [5, 5.41) is 48.9. The van der Waals surface area contributed by atoms with E-state index < -0.39 is 85.6 Å². The van der Waals surface area contributed by atoms with Crippen molar-refractivity contribution in [3.63, 3.8) is 0 Å². The molecule has 2 aliphatic heterocycles. The molecule has 0 amide bonds. The summed E-state index contributed by atoms with van der Waals surface area (Å²) in [7, 11) is 0. The van der Waals surface area contributed by atoms with Crippen molar-refractivity contribution in [2.45, 2.75) is 55.1 Å². The van der Waals surface area contributed by atoms with E-state index in [9.17, 15) is 38.8 Å². The Labute approximate surface area is 277 Å². The summed E-state index contributed by atoms with van der Waals surface area (Å²) in [5.41, 5.74) is 13.9. The molecule has 0 unspecified atom stereocenters. The zero-order valence-electron chi connectivity index (χ0n) is 26.6. The molecule has 2 fully saturated rings. The monoisotopic (exact) mass is 712 g/mol. The molecule has 2 aliphatic rings. The Morgan fingerprint density at radius 2 is 1.44 bits per heavy atom. The summed E-state index contributed by atoms with van der Waals surface area (Å²) in [4.78, 5) is 50.0. The lowest BCUT2D eigenvalue weighted by atomic mass is 9.97. The molecule has 0 saturated carbocycles. The number of aliphatic hydroxyl groups excluding tert-OH is 4. The molecule has 4 aromatic heterocycles. The molecule has 50 heavy (non-hydrogen) atoms. The summed E-state index contributed by atoms with van der Waals surface area (Å²) >= 11 is 0. The number of H-pyrrole nitrogens is 2. The number of nitrogens with one attached hydrogen (secondary N) is 5. The van der Waals surface area contributed by atoms with Gasteiger partial charge in [0.25, 0.3) is 11.1 Å². The summed E-state index contributed by atoms with van der Waals surface area (Å²) in [6, 6.07) is 0. The first-order chi connectivity index (χ1) is 24.4. The average molecular weight is 713 g/mol. The Bertz CT molecular complexity index is 2100. The van der Waals surface area contributed by atoms with E-state index in [-0.39, 0.29) is 47.7 Å². The van der Waals surface area contributed by atoms with Crippen LogP contribution in [-0.4, -0.2) is 128 Å². The van der Waals surface area contributed by atoms with Crippen molar-refractivity contribution in [3.8, 4) is 0 Å². The molecule has 0 aliphatic carbocycles. The van der Waals surface area contributed by atoms with Crippen LogP contribution in [0.3, 0.4) is 0 Å². The third-order valence-corrected chi connectivity index (χ3v) is 8.01. The highest BCUT2D eigenvalue weighted by atomic mass is 19.1. The maximum atomic E-state index is 14.8. The van der Waals surface area contributed by atoms with Crippen LogP contribution in [0, 0.1) is 11.1 Å². The van der Waals surface area contributed by atoms with Crippen molar-refractivity contribution < 1.29 is 40.1 Å². The van der Waals surface area contributed by atoms with Gasteiger partial charge in [0, 0.05) is 7.92 Å². The van der Waals surface area contributed by atoms with Gasteiger partial charge in [0.15, 0.2) is 60.2 Å². The second kappa shape index (κ2) is 14.2. The number of hydrogen-bond donors (Lipinski definition) is 10. The standard InChI is InChI=1S/C13H17FN8O4.C11H13FN8O4/c1-2-16-12-19-9-7(10(25)20-12)17-5-22(9)11-6(14)8(24)13(4-23,26-11)3-18-21-15;12-4-6(22)11(2-21,1-16-19-14)24-9(4)20-3-15-5-7(20)17-10(13)18-8(5)23/h5-6,8,11,15,23-24H,2-4H2,1H3,(H-,16,19,20,25);3-4,6,9,14,21-22H,1-2H2,(H2-,13,17,18,23)/p+2/t6-,8+,11-,13-;4-,6+,9-,11-/m11/s1/i1T;. The van der Waals surface area contributed by atoms with Gasteiger partial charge >= 0.3 is 0 Å². The number of fused-ring (bicyclic) bond motifs is 2. The maximum Gasteiger partial charge on any atom is 0.280 e. The Morgan fingerprint density at radius 3 is 1.90 bits per heavy atom. The van der Waals surface area contributed by atoms with Crippen LogP contribution in [-0.2, 0) is 9.47 Å². The van der Waals surface area contributed by atoms with Crippen LogP contribution < -0.4 is 32.0 Å². The third kappa shape index (κ3) is 6.12. The van der Waals surface area contributed by atoms with E-state index in [4.69, 9.17) is 27.6 Å². The van der Waals surface area contributed by atoms with Crippen molar-refractivity contribution in [1.29, 1.82) is 11.1 Å². The number of aromatic amines is 2. The molecule has 0 bridgehead atoms. The molecule has 0 radical (unpaired) electrons. The van der Waals surface area contributed by atoms with Gasteiger partial charge in [0.1, 0.15) is 44.7 Å². The van der Waals surface area contributed by atoms with Crippen molar-refractivity contribution >= 4 is 34.2 Å². The van der Waals surface area contributed by atoms with Gasteiger partial charge in [-0.25, -0.2) is 18.7 Å². The predicted octanol–water partition coefficient (Wildman–Crippen LogP) is -2.73. The number of hydrogen-bond acceptors (Lipinski definition) is 18. The number of rotatable bonds is 10. The first kappa shape index (κ1) is 34.4. The smallest absolute Gasteiger partial charge is 0.280 e. The number of nitrogens with two attached hydrogens (primary N) is 1. The van der Waals surface area contributed by atoms with E-state index in [1.807, 2.05) is 0 Å². The van der Waals surface area contributed by atoms with Gasteiger partial charge in [-0.15, -0.1) is 0 Å². The summed E-state index contributed by atoms with van der Waals surface area (Å²) in [5.74, 6) is -0.119. The molecule has 6 rings (SSSR count). The number of imidazole rings is 2. The lowest BCUT2D eigenvalue weighted by Crippen LogP contribution is -2.48. The molecule has 8 atom stereocenters. The van der Waals surface area contributed by atoms with E-state index in [2.05, 4.69) is 55.3 Å². The minimum absolute atomic E-state index is 0.00179. The van der Waals surface area contributed by atoms with E-state index >= 15 is 0 Å². The quantitative estimate of drug-likeness (QED) is 0.0590. The zero-order valence-corrected chi connectivity index (χ0v) is 25.6. The molecule has 4 aromatic rings. The van der Waals surface area contributed by atoms with Crippen molar-refractivity contribution in [2.24, 2.45) is 10.2 Å². The van der Waals surface area contributed by atoms with Crippen LogP contribution in [0.25, 0.3) is 22.3 Å². The first-order valence-electron chi connectivity index (χ1n) is 15.1. The summed E-state index contributed by atoms with van der Waals surface area (Å²) in [6.07, 6.45) is -8.05. The zero-order chi connectivity index (χ0) is 37.1. The molecule has 2 saturated heterocycles. The van der Waals surface area contributed by atoms with Crippen LogP contribution in [0.4, 0.5) is 20.7 Å². The second-order valence-electron chi connectivity index (χ2n) is 11.0. The Balaban J connectivity index is 0.000000199. The maximum absolute atomic E-state index is 14.8.